The molecule has 0 bridgehead atoms. The summed E-state index contributed by atoms with van der Waals surface area (Å²) in [6, 6.07) is 10.8. The van der Waals surface area contributed by atoms with Crippen LogP contribution in [0.5, 0.6) is 0 Å². The molecular weight excluding hydrogens is 456 g/mol. The number of halogens is 2. The summed E-state index contributed by atoms with van der Waals surface area (Å²) in [6.07, 6.45) is 1.30. The van der Waals surface area contributed by atoms with Gasteiger partial charge in [-0.3, -0.25) is 9.59 Å². The number of pyridine rings is 1. The molecule has 4 N–H and O–H groups in total. The Bertz CT molecular complexity index is 1260. The zero-order chi connectivity index (χ0) is 24.9. The Balaban J connectivity index is 1.52. The second-order valence-corrected chi connectivity index (χ2v) is 8.11. The number of anilines is 3. The van der Waals surface area contributed by atoms with E-state index in [1.165, 1.54) is 18.3 Å². The van der Waals surface area contributed by atoms with Gasteiger partial charge >= 0.3 is 0 Å². The summed E-state index contributed by atoms with van der Waals surface area (Å²) in [6.45, 7) is 3.96. The van der Waals surface area contributed by atoms with Crippen LogP contribution in [0.1, 0.15) is 31.8 Å². The molecule has 1 aliphatic rings. The lowest BCUT2D eigenvalue weighted by Crippen LogP contribution is -2.40. The first-order valence-corrected chi connectivity index (χ1v) is 11.0. The quantitative estimate of drug-likeness (QED) is 0.476. The Morgan fingerprint density at radius 2 is 1.89 bits per heavy atom. The first-order chi connectivity index (χ1) is 16.8. The molecule has 2 aromatic carbocycles. The number of nitrogens with one attached hydrogen (secondary N) is 2. The molecule has 1 aliphatic heterocycles. The first-order valence-electron chi connectivity index (χ1n) is 11.0. The molecule has 0 spiro atoms. The van der Waals surface area contributed by atoms with Crippen LogP contribution in [0.15, 0.2) is 48.7 Å². The van der Waals surface area contributed by atoms with Gasteiger partial charge in [0.05, 0.1) is 24.5 Å². The van der Waals surface area contributed by atoms with Gasteiger partial charge in [-0.2, -0.15) is 0 Å². The lowest BCUT2D eigenvalue weighted by molar-refractivity contribution is 0.0302. The van der Waals surface area contributed by atoms with Gasteiger partial charge in [0, 0.05) is 48.7 Å². The Kier molecular flexibility index (Phi) is 7.21. The van der Waals surface area contributed by atoms with Crippen molar-refractivity contribution in [2.24, 2.45) is 5.73 Å². The molecule has 1 saturated heterocycles. The largest absolute Gasteiger partial charge is 0.380 e. The highest BCUT2D eigenvalue weighted by Crippen LogP contribution is 2.25. The van der Waals surface area contributed by atoms with Crippen molar-refractivity contribution in [3.05, 3.63) is 82.5 Å². The van der Waals surface area contributed by atoms with Gasteiger partial charge in [0.15, 0.2) is 11.6 Å². The van der Waals surface area contributed by atoms with Crippen LogP contribution in [0.25, 0.3) is 0 Å². The van der Waals surface area contributed by atoms with Crippen LogP contribution in [0.4, 0.5) is 26.0 Å². The van der Waals surface area contributed by atoms with Gasteiger partial charge in [0.1, 0.15) is 5.82 Å². The molecule has 1 fully saturated rings. The van der Waals surface area contributed by atoms with Crippen molar-refractivity contribution in [2.75, 3.05) is 36.9 Å². The number of nitrogens with zero attached hydrogens (tertiary/aromatic N) is 2. The van der Waals surface area contributed by atoms with Crippen LogP contribution >= 0.6 is 0 Å². The summed E-state index contributed by atoms with van der Waals surface area (Å²) in [5, 5.41) is 6.06. The fourth-order valence-corrected chi connectivity index (χ4v) is 3.81. The molecule has 10 heteroatoms. The summed E-state index contributed by atoms with van der Waals surface area (Å²) in [7, 11) is 0. The van der Waals surface area contributed by atoms with Gasteiger partial charge in [-0.05, 0) is 36.8 Å². The number of rotatable bonds is 7. The molecule has 4 rings (SSSR count). The number of carbonyl (C=O) groups excluding carboxylic acids is 2. The van der Waals surface area contributed by atoms with E-state index in [1.807, 2.05) is 13.0 Å². The average Bonchev–Trinajstić information content (AvgIpc) is 2.85. The minimum atomic E-state index is -0.963. The average molecular weight is 482 g/mol. The number of hydrogen-bond acceptors (Lipinski definition) is 6. The van der Waals surface area contributed by atoms with Crippen LogP contribution < -0.4 is 16.4 Å². The van der Waals surface area contributed by atoms with Crippen LogP contribution in [-0.2, 0) is 11.3 Å². The summed E-state index contributed by atoms with van der Waals surface area (Å²) < 4.78 is 32.8. The molecule has 182 valence electrons. The topological polar surface area (TPSA) is 110 Å². The summed E-state index contributed by atoms with van der Waals surface area (Å²) >= 11 is 0. The molecule has 35 heavy (non-hydrogen) atoms. The standard InChI is InChI=1S/C25H25F2N5O3/c1-15-11-17(5-6-18(15)25(34)32-7-9-35-10-8-32)31-22-12-21(19(14-30-22)24(28)33)29-13-16-3-2-4-20(26)23(16)27/h2-6,11-12,14H,7-10,13H2,1H3,(H2,28,33)(H2,29,30,31). The zero-order valence-corrected chi connectivity index (χ0v) is 19.1. The van der Waals surface area contributed by atoms with Gasteiger partial charge in [0.2, 0.25) is 0 Å². The molecule has 1 aromatic heterocycles. The van der Waals surface area contributed by atoms with Crippen molar-refractivity contribution < 1.29 is 23.1 Å². The smallest absolute Gasteiger partial charge is 0.254 e. The Hall–Kier alpha value is -4.05. The van der Waals surface area contributed by atoms with Crippen LogP contribution in [0, 0.1) is 18.6 Å². The molecule has 0 unspecified atom stereocenters. The molecule has 3 aromatic rings. The number of primary amides is 1. The molecular formula is C25H25F2N5O3. The maximum Gasteiger partial charge on any atom is 0.254 e. The second kappa shape index (κ2) is 10.5. The van der Waals surface area contributed by atoms with Crippen LogP contribution in [0.3, 0.4) is 0 Å². The summed E-state index contributed by atoms with van der Waals surface area (Å²) in [5.41, 5.74) is 8.05. The SMILES string of the molecule is Cc1cc(Nc2cc(NCc3cccc(F)c3F)c(C(N)=O)cn2)ccc1C(=O)N1CCOCC1. The van der Waals surface area contributed by atoms with Crippen molar-refractivity contribution in [2.45, 2.75) is 13.5 Å². The third-order valence-corrected chi connectivity index (χ3v) is 5.70. The fourth-order valence-electron chi connectivity index (χ4n) is 3.81. The normalized spacial score (nSPS) is 13.4. The number of aryl methyl sites for hydroxylation is 1. The Morgan fingerprint density at radius 3 is 2.60 bits per heavy atom. The van der Waals surface area contributed by atoms with Crippen LogP contribution in [0.2, 0.25) is 0 Å². The Morgan fingerprint density at radius 1 is 1.11 bits per heavy atom. The van der Waals surface area contributed by atoms with E-state index >= 15 is 0 Å². The van der Waals surface area contributed by atoms with E-state index in [-0.39, 0.29) is 23.6 Å². The van der Waals surface area contributed by atoms with Crippen molar-refractivity contribution >= 4 is 29.0 Å². The maximum atomic E-state index is 14.0. The monoisotopic (exact) mass is 481 g/mol. The third-order valence-electron chi connectivity index (χ3n) is 5.70. The van der Waals surface area contributed by atoms with Gasteiger partial charge < -0.3 is 26.0 Å². The lowest BCUT2D eigenvalue weighted by Gasteiger charge is -2.27. The molecule has 0 saturated carbocycles. The number of carbonyl (C=O) groups is 2. The van der Waals surface area contributed by atoms with E-state index in [4.69, 9.17) is 10.5 Å². The van der Waals surface area contributed by atoms with Crippen molar-refractivity contribution in [3.63, 3.8) is 0 Å². The lowest BCUT2D eigenvalue weighted by atomic mass is 10.1. The van der Waals surface area contributed by atoms with Crippen molar-refractivity contribution in [3.8, 4) is 0 Å². The predicted octanol–water partition coefficient (Wildman–Crippen LogP) is 3.60. The van der Waals surface area contributed by atoms with E-state index < -0.39 is 17.5 Å². The molecule has 0 aliphatic carbocycles. The minimum Gasteiger partial charge on any atom is -0.380 e. The van der Waals surface area contributed by atoms with E-state index in [1.54, 1.807) is 23.1 Å². The summed E-state index contributed by atoms with van der Waals surface area (Å²) in [4.78, 5) is 30.6. The molecule has 0 atom stereocenters. The number of hydrogen-bond donors (Lipinski definition) is 3. The third kappa shape index (κ3) is 5.55. The maximum absolute atomic E-state index is 14.0. The second-order valence-electron chi connectivity index (χ2n) is 8.11. The molecule has 2 heterocycles. The highest BCUT2D eigenvalue weighted by molar-refractivity contribution is 5.99. The first kappa shape index (κ1) is 24.1. The highest BCUT2D eigenvalue weighted by atomic mass is 19.2. The molecule has 8 nitrogen and oxygen atoms in total. The van der Waals surface area contributed by atoms with Crippen molar-refractivity contribution in [1.82, 2.24) is 9.88 Å². The van der Waals surface area contributed by atoms with E-state index in [0.717, 1.165) is 11.6 Å². The zero-order valence-electron chi connectivity index (χ0n) is 19.1. The molecule has 2 amide bonds. The van der Waals surface area contributed by atoms with Gasteiger partial charge in [0.25, 0.3) is 11.8 Å². The fraction of sp³-hybridized carbons (Fsp3) is 0.240. The van der Waals surface area contributed by atoms with Gasteiger partial charge in [-0.15, -0.1) is 0 Å². The minimum absolute atomic E-state index is 0.0441. The summed E-state index contributed by atoms with van der Waals surface area (Å²) in [5.74, 6) is -2.29. The molecule has 0 radical (unpaired) electrons. The predicted molar refractivity (Wildman–Crippen MR) is 128 cm³/mol. The number of amides is 2. The van der Waals surface area contributed by atoms with E-state index in [9.17, 15) is 18.4 Å². The number of aromatic nitrogens is 1. The number of ether oxygens (including phenoxy) is 1. The Labute approximate surface area is 201 Å². The number of nitrogens with two attached hydrogens (primary N) is 1. The highest BCUT2D eigenvalue weighted by Gasteiger charge is 2.20. The van der Waals surface area contributed by atoms with E-state index in [2.05, 4.69) is 15.6 Å². The number of benzene rings is 2. The van der Waals surface area contributed by atoms with Gasteiger partial charge in [-0.1, -0.05) is 12.1 Å². The van der Waals surface area contributed by atoms with Crippen LogP contribution in [-0.4, -0.2) is 48.0 Å². The van der Waals surface area contributed by atoms with Gasteiger partial charge in [-0.25, -0.2) is 13.8 Å². The van der Waals surface area contributed by atoms with E-state index in [0.29, 0.717) is 49.1 Å². The van der Waals surface area contributed by atoms with Crippen molar-refractivity contribution in [1.29, 1.82) is 0 Å². The number of morpholine rings is 1.